The summed E-state index contributed by atoms with van der Waals surface area (Å²) >= 11 is 6.24. The van der Waals surface area contributed by atoms with E-state index in [-0.39, 0.29) is 0 Å². The van der Waals surface area contributed by atoms with E-state index >= 15 is 0 Å². The molecular weight excluding hydrogens is 222 g/mol. The molecule has 2 rings (SSSR count). The van der Waals surface area contributed by atoms with Gasteiger partial charge in [0.25, 0.3) is 0 Å². The van der Waals surface area contributed by atoms with Crippen molar-refractivity contribution in [1.29, 1.82) is 0 Å². The van der Waals surface area contributed by atoms with Crippen LogP contribution >= 0.6 is 11.6 Å². The normalized spacial score (nSPS) is 10.8. The molecule has 1 heterocycles. The highest BCUT2D eigenvalue weighted by Gasteiger charge is 2.14. The summed E-state index contributed by atoms with van der Waals surface area (Å²) in [6, 6.07) is 8.04. The van der Waals surface area contributed by atoms with Gasteiger partial charge in [0.1, 0.15) is 16.7 Å². The van der Waals surface area contributed by atoms with E-state index in [1.165, 1.54) is 0 Å². The number of aromatic nitrogens is 2. The maximum absolute atomic E-state index is 6.24. The SMILES string of the molecule is Cc1ccccc1-c1nc(CN)n(C)c1Cl. The third kappa shape index (κ3) is 1.72. The fourth-order valence-corrected chi connectivity index (χ4v) is 1.96. The second-order valence-corrected chi connectivity index (χ2v) is 4.10. The van der Waals surface area contributed by atoms with Crippen molar-refractivity contribution >= 4 is 11.6 Å². The minimum absolute atomic E-state index is 0.391. The number of halogens is 1. The number of hydrogen-bond acceptors (Lipinski definition) is 2. The number of aryl methyl sites for hydroxylation is 1. The molecule has 16 heavy (non-hydrogen) atoms. The van der Waals surface area contributed by atoms with Crippen LogP contribution < -0.4 is 5.73 Å². The van der Waals surface area contributed by atoms with E-state index in [4.69, 9.17) is 17.3 Å². The summed E-state index contributed by atoms with van der Waals surface area (Å²) in [7, 11) is 1.87. The second kappa shape index (κ2) is 4.28. The topological polar surface area (TPSA) is 43.8 Å². The molecule has 0 aliphatic carbocycles. The lowest BCUT2D eigenvalue weighted by Gasteiger charge is -2.02. The van der Waals surface area contributed by atoms with Gasteiger partial charge in [0, 0.05) is 12.6 Å². The Labute approximate surface area is 99.9 Å². The van der Waals surface area contributed by atoms with Crippen molar-refractivity contribution in [2.75, 3.05) is 0 Å². The molecule has 0 saturated heterocycles. The molecule has 0 spiro atoms. The second-order valence-electron chi connectivity index (χ2n) is 3.75. The largest absolute Gasteiger partial charge is 0.324 e. The van der Waals surface area contributed by atoms with E-state index in [0.717, 1.165) is 22.6 Å². The predicted octanol–water partition coefficient (Wildman–Crippen LogP) is 2.51. The Morgan fingerprint density at radius 1 is 1.38 bits per heavy atom. The molecule has 0 atom stereocenters. The summed E-state index contributed by atoms with van der Waals surface area (Å²) in [5, 5.41) is 0.634. The van der Waals surface area contributed by atoms with Crippen LogP contribution in [0.4, 0.5) is 0 Å². The van der Waals surface area contributed by atoms with E-state index in [1.807, 2.05) is 42.8 Å². The number of nitrogens with two attached hydrogens (primary N) is 1. The van der Waals surface area contributed by atoms with Crippen LogP contribution in [0.3, 0.4) is 0 Å². The lowest BCUT2D eigenvalue weighted by molar-refractivity contribution is 0.794. The molecule has 3 nitrogen and oxygen atoms in total. The zero-order valence-electron chi connectivity index (χ0n) is 9.37. The molecule has 1 aromatic carbocycles. The van der Waals surface area contributed by atoms with E-state index in [0.29, 0.717) is 11.7 Å². The minimum Gasteiger partial charge on any atom is -0.324 e. The molecule has 0 aliphatic rings. The van der Waals surface area contributed by atoms with Crippen LogP contribution in [0.15, 0.2) is 24.3 Å². The summed E-state index contributed by atoms with van der Waals surface area (Å²) in [5.74, 6) is 0.795. The number of hydrogen-bond donors (Lipinski definition) is 1. The molecule has 84 valence electrons. The van der Waals surface area contributed by atoms with E-state index in [9.17, 15) is 0 Å². The van der Waals surface area contributed by atoms with Gasteiger partial charge in [-0.25, -0.2) is 4.98 Å². The van der Waals surface area contributed by atoms with Crippen molar-refractivity contribution in [1.82, 2.24) is 9.55 Å². The zero-order valence-corrected chi connectivity index (χ0v) is 10.1. The predicted molar refractivity (Wildman–Crippen MR) is 66.3 cm³/mol. The van der Waals surface area contributed by atoms with Crippen molar-refractivity contribution < 1.29 is 0 Å². The lowest BCUT2D eigenvalue weighted by atomic mass is 10.1. The fourth-order valence-electron chi connectivity index (χ4n) is 1.71. The summed E-state index contributed by atoms with van der Waals surface area (Å²) in [6.07, 6.45) is 0. The molecule has 0 aliphatic heterocycles. The quantitative estimate of drug-likeness (QED) is 0.869. The number of rotatable bonds is 2. The summed E-state index contributed by atoms with van der Waals surface area (Å²) in [5.41, 5.74) is 8.63. The van der Waals surface area contributed by atoms with Crippen LogP contribution in [0, 0.1) is 6.92 Å². The molecule has 0 fully saturated rings. The highest BCUT2D eigenvalue weighted by Crippen LogP contribution is 2.29. The Balaban J connectivity index is 2.61. The average molecular weight is 236 g/mol. The van der Waals surface area contributed by atoms with Gasteiger partial charge in [-0.15, -0.1) is 0 Å². The molecule has 0 amide bonds. The van der Waals surface area contributed by atoms with Crippen LogP contribution in [-0.2, 0) is 13.6 Å². The Hall–Kier alpha value is -1.32. The first-order valence-electron chi connectivity index (χ1n) is 5.12. The van der Waals surface area contributed by atoms with Gasteiger partial charge in [0.2, 0.25) is 0 Å². The molecular formula is C12H14ClN3. The first-order valence-corrected chi connectivity index (χ1v) is 5.50. The summed E-state index contributed by atoms with van der Waals surface area (Å²) in [6.45, 7) is 2.44. The van der Waals surface area contributed by atoms with Crippen molar-refractivity contribution in [2.24, 2.45) is 12.8 Å². The van der Waals surface area contributed by atoms with Crippen molar-refractivity contribution in [3.63, 3.8) is 0 Å². The van der Waals surface area contributed by atoms with E-state index in [2.05, 4.69) is 4.98 Å². The first kappa shape index (κ1) is 11.2. The highest BCUT2D eigenvalue weighted by molar-refractivity contribution is 6.32. The van der Waals surface area contributed by atoms with Gasteiger partial charge in [-0.3, -0.25) is 0 Å². The number of nitrogens with zero attached hydrogens (tertiary/aromatic N) is 2. The van der Waals surface area contributed by atoms with Gasteiger partial charge in [-0.2, -0.15) is 0 Å². The third-order valence-electron chi connectivity index (χ3n) is 2.70. The molecule has 0 unspecified atom stereocenters. The fraction of sp³-hybridized carbons (Fsp3) is 0.250. The standard InChI is InChI=1S/C12H14ClN3/c1-8-5-3-4-6-9(8)11-12(13)16(2)10(7-14)15-11/h3-6H,7,14H2,1-2H3. The summed E-state index contributed by atoms with van der Waals surface area (Å²) in [4.78, 5) is 4.46. The van der Waals surface area contributed by atoms with Crippen LogP contribution in [0.2, 0.25) is 5.15 Å². The van der Waals surface area contributed by atoms with E-state index < -0.39 is 0 Å². The van der Waals surface area contributed by atoms with Crippen LogP contribution in [0.5, 0.6) is 0 Å². The van der Waals surface area contributed by atoms with Crippen LogP contribution in [0.1, 0.15) is 11.4 Å². The monoisotopic (exact) mass is 235 g/mol. The Morgan fingerprint density at radius 2 is 2.06 bits per heavy atom. The maximum Gasteiger partial charge on any atom is 0.136 e. The lowest BCUT2D eigenvalue weighted by Crippen LogP contribution is -2.04. The van der Waals surface area contributed by atoms with Crippen molar-refractivity contribution in [3.8, 4) is 11.3 Å². The zero-order chi connectivity index (χ0) is 11.7. The van der Waals surface area contributed by atoms with Crippen molar-refractivity contribution in [2.45, 2.75) is 13.5 Å². The van der Waals surface area contributed by atoms with Crippen LogP contribution in [0.25, 0.3) is 11.3 Å². The van der Waals surface area contributed by atoms with Gasteiger partial charge in [-0.05, 0) is 12.5 Å². The molecule has 0 bridgehead atoms. The average Bonchev–Trinajstić information content (AvgIpc) is 2.57. The Kier molecular flexibility index (Phi) is 2.99. The molecule has 4 heteroatoms. The molecule has 0 radical (unpaired) electrons. The first-order chi connectivity index (χ1) is 7.65. The van der Waals surface area contributed by atoms with Gasteiger partial charge in [-0.1, -0.05) is 35.9 Å². The molecule has 2 N–H and O–H groups in total. The number of benzene rings is 1. The number of imidazole rings is 1. The minimum atomic E-state index is 0.391. The Bertz CT molecular complexity index is 517. The van der Waals surface area contributed by atoms with Gasteiger partial charge < -0.3 is 10.3 Å². The molecule has 1 aromatic heterocycles. The molecule has 0 saturated carbocycles. The third-order valence-corrected chi connectivity index (χ3v) is 3.13. The van der Waals surface area contributed by atoms with Gasteiger partial charge in [0.15, 0.2) is 0 Å². The van der Waals surface area contributed by atoms with E-state index in [1.54, 1.807) is 0 Å². The smallest absolute Gasteiger partial charge is 0.136 e. The maximum atomic E-state index is 6.24. The van der Waals surface area contributed by atoms with Gasteiger partial charge >= 0.3 is 0 Å². The van der Waals surface area contributed by atoms with Crippen molar-refractivity contribution in [3.05, 3.63) is 40.8 Å². The van der Waals surface area contributed by atoms with Crippen LogP contribution in [-0.4, -0.2) is 9.55 Å². The molecule has 2 aromatic rings. The Morgan fingerprint density at radius 3 is 2.62 bits per heavy atom. The van der Waals surface area contributed by atoms with Gasteiger partial charge in [0.05, 0.1) is 6.54 Å². The highest BCUT2D eigenvalue weighted by atomic mass is 35.5. The summed E-state index contributed by atoms with van der Waals surface area (Å²) < 4.78 is 1.82.